The molecule has 0 spiro atoms. The Morgan fingerprint density at radius 2 is 1.88 bits per heavy atom. The van der Waals surface area contributed by atoms with Gasteiger partial charge in [-0.15, -0.1) is 0 Å². The van der Waals surface area contributed by atoms with Crippen LogP contribution in [0, 0.1) is 23.2 Å². The van der Waals surface area contributed by atoms with Crippen molar-refractivity contribution in [1.82, 2.24) is 15.1 Å². The van der Waals surface area contributed by atoms with Crippen LogP contribution in [0.5, 0.6) is 0 Å². The molecular weight excluding hydrogens is 402 g/mol. The summed E-state index contributed by atoms with van der Waals surface area (Å²) in [6.45, 7) is 11.7. The normalized spacial score (nSPS) is 25.2. The van der Waals surface area contributed by atoms with Crippen LogP contribution >= 0.6 is 0 Å². The SMILES string of the molecule is CC(C[C@@H](C(=O)N[C@@H]1CC[C@@H]2CN(Cc3ccccc3)C[C@@H]21)N(C)C(=O)O)CC(C)(C)C. The van der Waals surface area contributed by atoms with Gasteiger partial charge in [-0.2, -0.15) is 0 Å². The van der Waals surface area contributed by atoms with Gasteiger partial charge in [0.1, 0.15) is 6.04 Å². The van der Waals surface area contributed by atoms with Gasteiger partial charge in [-0.05, 0) is 54.4 Å². The number of nitrogens with zero attached hydrogens (tertiary/aromatic N) is 2. The summed E-state index contributed by atoms with van der Waals surface area (Å²) >= 11 is 0. The highest BCUT2D eigenvalue weighted by atomic mass is 16.4. The first-order chi connectivity index (χ1) is 15.0. The third-order valence-electron chi connectivity index (χ3n) is 7.17. The van der Waals surface area contributed by atoms with E-state index in [-0.39, 0.29) is 23.3 Å². The maximum Gasteiger partial charge on any atom is 0.407 e. The molecule has 0 bridgehead atoms. The van der Waals surface area contributed by atoms with Crippen molar-refractivity contribution in [2.75, 3.05) is 20.1 Å². The number of rotatable bonds is 8. The highest BCUT2D eigenvalue weighted by Gasteiger charge is 2.44. The number of nitrogens with one attached hydrogen (secondary N) is 1. The molecular formula is C26H41N3O3. The Morgan fingerprint density at radius 3 is 2.50 bits per heavy atom. The molecule has 32 heavy (non-hydrogen) atoms. The van der Waals surface area contributed by atoms with E-state index < -0.39 is 12.1 Å². The fourth-order valence-electron chi connectivity index (χ4n) is 5.87. The van der Waals surface area contributed by atoms with Gasteiger partial charge in [0.2, 0.25) is 5.91 Å². The number of carbonyl (C=O) groups is 2. The third kappa shape index (κ3) is 6.47. The lowest BCUT2D eigenvalue weighted by atomic mass is 9.82. The van der Waals surface area contributed by atoms with Gasteiger partial charge >= 0.3 is 6.09 Å². The number of benzene rings is 1. The Bertz CT molecular complexity index is 776. The summed E-state index contributed by atoms with van der Waals surface area (Å²) in [5, 5.41) is 12.8. The van der Waals surface area contributed by atoms with E-state index in [4.69, 9.17) is 0 Å². The average Bonchev–Trinajstić information content (AvgIpc) is 3.26. The summed E-state index contributed by atoms with van der Waals surface area (Å²) in [5.74, 6) is 1.18. The number of carbonyl (C=O) groups excluding carboxylic acids is 1. The minimum absolute atomic E-state index is 0.135. The summed E-state index contributed by atoms with van der Waals surface area (Å²) < 4.78 is 0. The standard InChI is InChI=1S/C26H41N3O3/c1-18(14-26(2,3)4)13-23(28(5)25(31)32)24(30)27-22-12-11-20-16-29(17-21(20)22)15-19-9-7-6-8-10-19/h6-10,18,20-23H,11-17H2,1-5H3,(H,27,30)(H,31,32)/t18?,20-,21+,22-,23+/m1/s1. The number of carboxylic acid groups (broad SMARTS) is 1. The molecule has 2 amide bonds. The predicted octanol–water partition coefficient (Wildman–Crippen LogP) is 4.45. The van der Waals surface area contributed by atoms with Gasteiger partial charge in [0.15, 0.2) is 0 Å². The van der Waals surface area contributed by atoms with E-state index in [9.17, 15) is 14.7 Å². The van der Waals surface area contributed by atoms with E-state index in [1.807, 2.05) is 6.07 Å². The molecule has 0 aromatic heterocycles. The summed E-state index contributed by atoms with van der Waals surface area (Å²) in [6.07, 6.45) is 2.56. The van der Waals surface area contributed by atoms with E-state index in [1.54, 1.807) is 0 Å². The maximum absolute atomic E-state index is 13.3. The zero-order valence-electron chi connectivity index (χ0n) is 20.4. The van der Waals surface area contributed by atoms with Crippen molar-refractivity contribution in [3.8, 4) is 0 Å². The van der Waals surface area contributed by atoms with Gasteiger partial charge in [0, 0.05) is 32.7 Å². The predicted molar refractivity (Wildman–Crippen MR) is 127 cm³/mol. The van der Waals surface area contributed by atoms with Crippen LogP contribution in [0.2, 0.25) is 0 Å². The molecule has 5 atom stereocenters. The summed E-state index contributed by atoms with van der Waals surface area (Å²) in [7, 11) is 1.52. The van der Waals surface area contributed by atoms with Crippen LogP contribution in [-0.2, 0) is 11.3 Å². The smallest absolute Gasteiger partial charge is 0.407 e. The second kappa shape index (κ2) is 10.2. The molecule has 1 aliphatic carbocycles. The zero-order chi connectivity index (χ0) is 23.5. The number of likely N-dealkylation sites (tertiary alicyclic amines) is 1. The van der Waals surface area contributed by atoms with Crippen molar-refractivity contribution < 1.29 is 14.7 Å². The molecule has 1 saturated carbocycles. The summed E-state index contributed by atoms with van der Waals surface area (Å²) in [4.78, 5) is 28.7. The number of likely N-dealkylation sites (N-methyl/N-ethyl adjacent to an activating group) is 1. The zero-order valence-corrected chi connectivity index (χ0v) is 20.4. The molecule has 1 aromatic rings. The van der Waals surface area contributed by atoms with Crippen LogP contribution in [0.1, 0.15) is 58.9 Å². The molecule has 2 N–H and O–H groups in total. The molecule has 3 rings (SSSR count). The Morgan fingerprint density at radius 1 is 1.19 bits per heavy atom. The van der Waals surface area contributed by atoms with Crippen molar-refractivity contribution in [2.45, 2.75) is 72.0 Å². The van der Waals surface area contributed by atoms with Crippen LogP contribution in [0.4, 0.5) is 4.79 Å². The highest BCUT2D eigenvalue weighted by Crippen LogP contribution is 2.39. The topological polar surface area (TPSA) is 72.9 Å². The molecule has 1 unspecified atom stereocenters. The fraction of sp³-hybridized carbons (Fsp3) is 0.692. The lowest BCUT2D eigenvalue weighted by molar-refractivity contribution is -0.127. The van der Waals surface area contributed by atoms with Gasteiger partial charge in [0.25, 0.3) is 0 Å². The summed E-state index contributed by atoms with van der Waals surface area (Å²) in [6, 6.07) is 10.0. The van der Waals surface area contributed by atoms with E-state index in [0.717, 1.165) is 38.9 Å². The van der Waals surface area contributed by atoms with Crippen LogP contribution in [0.3, 0.4) is 0 Å². The van der Waals surface area contributed by atoms with E-state index >= 15 is 0 Å². The van der Waals surface area contributed by atoms with Gasteiger partial charge in [0.05, 0.1) is 0 Å². The molecule has 1 saturated heterocycles. The van der Waals surface area contributed by atoms with Gasteiger partial charge in [-0.3, -0.25) is 14.6 Å². The highest BCUT2D eigenvalue weighted by molar-refractivity contribution is 5.85. The molecule has 178 valence electrons. The fourth-order valence-corrected chi connectivity index (χ4v) is 5.87. The van der Waals surface area contributed by atoms with Crippen molar-refractivity contribution in [2.24, 2.45) is 23.2 Å². The van der Waals surface area contributed by atoms with Gasteiger partial charge in [-0.25, -0.2) is 4.79 Å². The monoisotopic (exact) mass is 443 g/mol. The van der Waals surface area contributed by atoms with Crippen molar-refractivity contribution >= 4 is 12.0 Å². The molecule has 1 aromatic carbocycles. The lowest BCUT2D eigenvalue weighted by Gasteiger charge is -2.31. The Hall–Kier alpha value is -2.08. The van der Waals surface area contributed by atoms with E-state index in [2.05, 4.69) is 62.2 Å². The van der Waals surface area contributed by atoms with E-state index in [1.165, 1.54) is 17.5 Å². The van der Waals surface area contributed by atoms with Crippen LogP contribution in [0.15, 0.2) is 30.3 Å². The largest absolute Gasteiger partial charge is 0.465 e. The molecule has 1 aliphatic heterocycles. The van der Waals surface area contributed by atoms with Crippen LogP contribution in [0.25, 0.3) is 0 Å². The molecule has 2 aliphatic rings. The number of fused-ring (bicyclic) bond motifs is 1. The first-order valence-electron chi connectivity index (χ1n) is 12.1. The second-order valence-electron chi connectivity index (χ2n) is 11.3. The Kier molecular flexibility index (Phi) is 7.86. The first kappa shape index (κ1) is 24.6. The minimum Gasteiger partial charge on any atom is -0.465 e. The molecule has 6 heteroatoms. The number of amides is 2. The number of hydrogen-bond acceptors (Lipinski definition) is 3. The average molecular weight is 444 g/mol. The summed E-state index contributed by atoms with van der Waals surface area (Å²) in [5.41, 5.74) is 1.47. The van der Waals surface area contributed by atoms with Crippen LogP contribution < -0.4 is 5.32 Å². The molecule has 6 nitrogen and oxygen atoms in total. The van der Waals surface area contributed by atoms with Gasteiger partial charge < -0.3 is 10.4 Å². The van der Waals surface area contributed by atoms with E-state index in [0.29, 0.717) is 18.3 Å². The minimum atomic E-state index is -1.05. The van der Waals surface area contributed by atoms with Crippen LogP contribution in [-0.4, -0.2) is 59.1 Å². The Labute approximate surface area is 193 Å². The van der Waals surface area contributed by atoms with Crippen molar-refractivity contribution in [3.63, 3.8) is 0 Å². The quantitative estimate of drug-likeness (QED) is 0.622. The van der Waals surface area contributed by atoms with Gasteiger partial charge in [-0.1, -0.05) is 58.0 Å². The number of hydrogen-bond donors (Lipinski definition) is 2. The lowest BCUT2D eigenvalue weighted by Crippen LogP contribution is -2.52. The third-order valence-corrected chi connectivity index (χ3v) is 7.17. The van der Waals surface area contributed by atoms with Crippen molar-refractivity contribution in [1.29, 1.82) is 0 Å². The maximum atomic E-state index is 13.3. The second-order valence-corrected chi connectivity index (χ2v) is 11.3. The molecule has 1 heterocycles. The first-order valence-corrected chi connectivity index (χ1v) is 12.1. The van der Waals surface area contributed by atoms with Crippen molar-refractivity contribution in [3.05, 3.63) is 35.9 Å². The molecule has 0 radical (unpaired) electrons. The Balaban J connectivity index is 1.61. The molecule has 2 fully saturated rings.